The zero-order valence-corrected chi connectivity index (χ0v) is 15.0. The average molecular weight is 398 g/mol. The van der Waals surface area contributed by atoms with Crippen LogP contribution in [0.4, 0.5) is 0 Å². The Balaban J connectivity index is 1.60. The second-order valence-electron chi connectivity index (χ2n) is 6.01. The Labute approximate surface area is 153 Å². The van der Waals surface area contributed by atoms with Gasteiger partial charge in [-0.15, -0.1) is 0 Å². The monoisotopic (exact) mass is 397 g/mol. The summed E-state index contributed by atoms with van der Waals surface area (Å²) < 4.78 is 0.986. The van der Waals surface area contributed by atoms with Crippen molar-refractivity contribution in [3.05, 3.63) is 74.6 Å². The maximum Gasteiger partial charge on any atom is 0.255 e. The van der Waals surface area contributed by atoms with E-state index in [1.54, 1.807) is 24.8 Å². The lowest BCUT2D eigenvalue weighted by molar-refractivity contribution is 0.241. The van der Waals surface area contributed by atoms with Crippen LogP contribution in [0.2, 0.25) is 0 Å². The summed E-state index contributed by atoms with van der Waals surface area (Å²) in [6.07, 6.45) is 7.75. The molecular weight excluding hydrogens is 382 g/mol. The minimum atomic E-state index is -0.0673. The van der Waals surface area contributed by atoms with Gasteiger partial charge in [0.2, 0.25) is 0 Å². The van der Waals surface area contributed by atoms with Gasteiger partial charge in [0.05, 0.1) is 11.3 Å². The second-order valence-corrected chi connectivity index (χ2v) is 6.86. The van der Waals surface area contributed by atoms with Gasteiger partial charge in [0.25, 0.3) is 5.56 Å². The second kappa shape index (κ2) is 6.85. The van der Waals surface area contributed by atoms with Gasteiger partial charge >= 0.3 is 0 Å². The number of nitrogens with zero attached hydrogens (tertiary/aromatic N) is 4. The third-order valence-electron chi connectivity index (χ3n) is 4.33. The van der Waals surface area contributed by atoms with E-state index in [4.69, 9.17) is 0 Å². The molecule has 0 aliphatic carbocycles. The number of hydrogen-bond donors (Lipinski definition) is 1. The quantitative estimate of drug-likeness (QED) is 0.734. The topological polar surface area (TPSA) is 74.8 Å². The number of pyridine rings is 2. The van der Waals surface area contributed by atoms with Crippen LogP contribution in [0, 0.1) is 0 Å². The van der Waals surface area contributed by atoms with Crippen molar-refractivity contribution in [3.63, 3.8) is 0 Å². The van der Waals surface area contributed by atoms with E-state index in [2.05, 4.69) is 40.8 Å². The van der Waals surface area contributed by atoms with E-state index in [0.29, 0.717) is 12.4 Å². The molecule has 0 aromatic carbocycles. The Hall–Kier alpha value is -2.38. The van der Waals surface area contributed by atoms with Crippen molar-refractivity contribution in [1.82, 2.24) is 24.8 Å². The molecule has 0 saturated carbocycles. The fourth-order valence-electron chi connectivity index (χ4n) is 3.03. The lowest BCUT2D eigenvalue weighted by Gasteiger charge is -2.28. The van der Waals surface area contributed by atoms with Crippen LogP contribution >= 0.6 is 15.9 Å². The number of H-pyrrole nitrogens is 1. The first-order valence-corrected chi connectivity index (χ1v) is 8.83. The van der Waals surface area contributed by atoms with Gasteiger partial charge in [-0.2, -0.15) is 0 Å². The maximum atomic E-state index is 12.6. The summed E-state index contributed by atoms with van der Waals surface area (Å²) in [6, 6.07) is 5.73. The van der Waals surface area contributed by atoms with Crippen LogP contribution in [0.1, 0.15) is 16.8 Å². The minimum absolute atomic E-state index is 0.0673. The fraction of sp³-hybridized carbons (Fsp3) is 0.222. The van der Waals surface area contributed by atoms with Crippen molar-refractivity contribution in [2.75, 3.05) is 6.54 Å². The van der Waals surface area contributed by atoms with Crippen molar-refractivity contribution >= 4 is 15.9 Å². The summed E-state index contributed by atoms with van der Waals surface area (Å²) in [4.78, 5) is 30.6. The van der Waals surface area contributed by atoms with E-state index in [1.165, 1.54) is 0 Å². The molecule has 4 rings (SSSR count). The number of nitrogens with one attached hydrogen (secondary N) is 1. The van der Waals surface area contributed by atoms with Gasteiger partial charge in [-0.3, -0.25) is 19.7 Å². The summed E-state index contributed by atoms with van der Waals surface area (Å²) >= 11 is 3.53. The minimum Gasteiger partial charge on any atom is -0.306 e. The molecular formula is C18H16BrN5O. The molecule has 1 aliphatic heterocycles. The molecule has 0 bridgehead atoms. The van der Waals surface area contributed by atoms with Gasteiger partial charge in [-0.25, -0.2) is 4.98 Å². The van der Waals surface area contributed by atoms with Crippen LogP contribution in [0.15, 0.2) is 52.3 Å². The van der Waals surface area contributed by atoms with Gasteiger partial charge < -0.3 is 4.98 Å². The summed E-state index contributed by atoms with van der Waals surface area (Å²) in [6.45, 7) is 2.23. The summed E-state index contributed by atoms with van der Waals surface area (Å²) in [5.74, 6) is 0.585. The SMILES string of the molecule is O=c1[nH]c(-c2cccnc2)nc2c1CN(Cc1ccncc1Br)CC2. The average Bonchev–Trinajstić information content (AvgIpc) is 2.65. The molecule has 6 nitrogen and oxygen atoms in total. The Kier molecular flexibility index (Phi) is 4.42. The van der Waals surface area contributed by atoms with E-state index in [0.717, 1.165) is 46.4 Å². The maximum absolute atomic E-state index is 12.6. The molecule has 126 valence electrons. The van der Waals surface area contributed by atoms with Gasteiger partial charge in [0.1, 0.15) is 5.82 Å². The van der Waals surface area contributed by atoms with Crippen molar-refractivity contribution in [1.29, 1.82) is 0 Å². The molecule has 0 atom stereocenters. The smallest absolute Gasteiger partial charge is 0.255 e. The largest absolute Gasteiger partial charge is 0.306 e. The molecule has 0 unspecified atom stereocenters. The number of aromatic amines is 1. The van der Waals surface area contributed by atoms with Crippen molar-refractivity contribution in [3.8, 4) is 11.4 Å². The van der Waals surface area contributed by atoms with Crippen LogP contribution < -0.4 is 5.56 Å². The third-order valence-corrected chi connectivity index (χ3v) is 5.05. The number of rotatable bonds is 3. The Morgan fingerprint density at radius 2 is 2.08 bits per heavy atom. The fourth-order valence-corrected chi connectivity index (χ4v) is 3.40. The standard InChI is InChI=1S/C18H16BrN5O/c19-15-9-21-6-3-13(15)10-24-7-4-16-14(11-24)18(25)23-17(22-16)12-2-1-5-20-8-12/h1-3,5-6,8-9H,4,7,10-11H2,(H,22,23,25). The van der Waals surface area contributed by atoms with Crippen LogP contribution in [0.25, 0.3) is 11.4 Å². The van der Waals surface area contributed by atoms with Crippen LogP contribution in [-0.4, -0.2) is 31.4 Å². The van der Waals surface area contributed by atoms with Crippen molar-refractivity contribution in [2.45, 2.75) is 19.5 Å². The van der Waals surface area contributed by atoms with Gasteiger partial charge in [0.15, 0.2) is 0 Å². The predicted octanol–water partition coefficient (Wildman–Crippen LogP) is 2.55. The van der Waals surface area contributed by atoms with Gasteiger partial charge in [-0.1, -0.05) is 0 Å². The summed E-state index contributed by atoms with van der Waals surface area (Å²) in [5, 5.41) is 0. The first kappa shape index (κ1) is 16.1. The van der Waals surface area contributed by atoms with Crippen LogP contribution in [0.3, 0.4) is 0 Å². The predicted molar refractivity (Wildman–Crippen MR) is 97.8 cm³/mol. The highest BCUT2D eigenvalue weighted by atomic mass is 79.9. The highest BCUT2D eigenvalue weighted by Gasteiger charge is 2.22. The van der Waals surface area contributed by atoms with E-state index >= 15 is 0 Å². The summed E-state index contributed by atoms with van der Waals surface area (Å²) in [5.41, 5.74) is 3.56. The van der Waals surface area contributed by atoms with Gasteiger partial charge in [0, 0.05) is 60.9 Å². The normalized spacial score (nSPS) is 14.3. The van der Waals surface area contributed by atoms with Crippen molar-refractivity contribution in [2.24, 2.45) is 0 Å². The molecule has 0 spiro atoms. The van der Waals surface area contributed by atoms with E-state index < -0.39 is 0 Å². The van der Waals surface area contributed by atoms with E-state index in [9.17, 15) is 4.79 Å². The van der Waals surface area contributed by atoms with E-state index in [1.807, 2.05) is 18.2 Å². The number of aromatic nitrogens is 4. The molecule has 1 N–H and O–H groups in total. The number of halogens is 1. The Morgan fingerprint density at radius 1 is 1.20 bits per heavy atom. The zero-order chi connectivity index (χ0) is 17.2. The highest BCUT2D eigenvalue weighted by molar-refractivity contribution is 9.10. The van der Waals surface area contributed by atoms with Crippen LogP contribution in [-0.2, 0) is 19.5 Å². The molecule has 7 heteroatoms. The lowest BCUT2D eigenvalue weighted by atomic mass is 10.1. The number of fused-ring (bicyclic) bond motifs is 1. The highest BCUT2D eigenvalue weighted by Crippen LogP contribution is 2.22. The first-order valence-electron chi connectivity index (χ1n) is 8.04. The Morgan fingerprint density at radius 3 is 2.88 bits per heavy atom. The molecule has 3 aromatic heterocycles. The molecule has 1 aliphatic rings. The molecule has 3 aromatic rings. The summed E-state index contributed by atoms with van der Waals surface area (Å²) in [7, 11) is 0. The Bertz CT molecular complexity index is 957. The molecule has 25 heavy (non-hydrogen) atoms. The molecule has 4 heterocycles. The molecule has 0 saturated heterocycles. The van der Waals surface area contributed by atoms with Gasteiger partial charge in [-0.05, 0) is 39.7 Å². The first-order chi connectivity index (χ1) is 12.2. The third kappa shape index (κ3) is 3.38. The zero-order valence-electron chi connectivity index (χ0n) is 13.4. The number of hydrogen-bond acceptors (Lipinski definition) is 5. The lowest BCUT2D eigenvalue weighted by Crippen LogP contribution is -2.35. The van der Waals surface area contributed by atoms with E-state index in [-0.39, 0.29) is 5.56 Å². The van der Waals surface area contributed by atoms with Crippen LogP contribution in [0.5, 0.6) is 0 Å². The molecule has 0 amide bonds. The molecule has 0 radical (unpaired) electrons. The van der Waals surface area contributed by atoms with Crippen molar-refractivity contribution < 1.29 is 0 Å². The molecule has 0 fully saturated rings.